The summed E-state index contributed by atoms with van der Waals surface area (Å²) >= 11 is 6.40. The van der Waals surface area contributed by atoms with E-state index >= 15 is 0 Å². The van der Waals surface area contributed by atoms with Gasteiger partial charge in [-0.05, 0) is 18.2 Å². The quantitative estimate of drug-likeness (QED) is 0.601. The molecule has 3 rings (SSSR count). The Bertz CT molecular complexity index is 691. The summed E-state index contributed by atoms with van der Waals surface area (Å²) in [5.74, 6) is -1.58. The maximum absolute atomic E-state index is 13.7. The highest BCUT2D eigenvalue weighted by Crippen LogP contribution is 2.32. The molecule has 0 bridgehead atoms. The summed E-state index contributed by atoms with van der Waals surface area (Å²) in [6.45, 7) is 4.28. The maximum atomic E-state index is 13.7. The first-order valence-corrected chi connectivity index (χ1v) is 8.77. The highest BCUT2D eigenvalue weighted by Gasteiger charge is 2.32. The summed E-state index contributed by atoms with van der Waals surface area (Å²) in [4.78, 5) is 16.6. The van der Waals surface area contributed by atoms with Crippen LogP contribution in [0.25, 0.3) is 6.08 Å². The van der Waals surface area contributed by atoms with Crippen LogP contribution in [0.3, 0.4) is 0 Å². The molecule has 2 aliphatic rings. The van der Waals surface area contributed by atoms with Crippen LogP contribution in [0.4, 0.5) is 8.78 Å². The first-order valence-electron chi connectivity index (χ1n) is 7.55. The van der Waals surface area contributed by atoms with Crippen molar-refractivity contribution in [1.29, 1.82) is 0 Å². The highest BCUT2D eigenvalue weighted by atomic mass is 32.2. The number of amides is 1. The number of halogens is 2. The van der Waals surface area contributed by atoms with Crippen molar-refractivity contribution in [3.63, 3.8) is 0 Å². The minimum Gasteiger partial charge on any atom is -0.379 e. The molecule has 0 unspecified atom stereocenters. The van der Waals surface area contributed by atoms with E-state index < -0.39 is 11.6 Å². The van der Waals surface area contributed by atoms with Crippen LogP contribution < -0.4 is 0 Å². The fourth-order valence-electron chi connectivity index (χ4n) is 2.52. The fraction of sp³-hybridized carbons (Fsp3) is 0.375. The Hall–Kier alpha value is -1.35. The number of carbonyl (C=O) groups excluding carboxylic acids is 1. The van der Waals surface area contributed by atoms with Gasteiger partial charge in [0.15, 0.2) is 0 Å². The monoisotopic (exact) mass is 370 g/mol. The Labute approximate surface area is 148 Å². The Morgan fingerprint density at radius 2 is 2.00 bits per heavy atom. The minimum absolute atomic E-state index is 0.171. The van der Waals surface area contributed by atoms with E-state index in [1.165, 1.54) is 17.0 Å². The number of nitrogens with zero attached hydrogens (tertiary/aromatic N) is 2. The van der Waals surface area contributed by atoms with Crippen LogP contribution in [0.5, 0.6) is 0 Å². The standard InChI is InChI=1S/C16H16F2N2O2S2/c17-12-2-1-11(13(18)10-12)9-14-15(21)20(16(23)24-14)4-3-19-5-7-22-8-6-19/h1-2,9-10H,3-8H2. The Morgan fingerprint density at radius 3 is 2.71 bits per heavy atom. The van der Waals surface area contributed by atoms with Crippen molar-refractivity contribution < 1.29 is 18.3 Å². The molecule has 0 radical (unpaired) electrons. The highest BCUT2D eigenvalue weighted by molar-refractivity contribution is 8.26. The molecule has 2 heterocycles. The molecule has 0 aromatic heterocycles. The zero-order chi connectivity index (χ0) is 17.1. The lowest BCUT2D eigenvalue weighted by atomic mass is 10.2. The van der Waals surface area contributed by atoms with Crippen LogP contribution in [0, 0.1) is 11.6 Å². The molecule has 1 aromatic carbocycles. The Balaban J connectivity index is 1.67. The molecular weight excluding hydrogens is 354 g/mol. The van der Waals surface area contributed by atoms with Crippen molar-refractivity contribution in [2.24, 2.45) is 0 Å². The third kappa shape index (κ3) is 4.00. The van der Waals surface area contributed by atoms with Crippen molar-refractivity contribution in [2.75, 3.05) is 39.4 Å². The second kappa shape index (κ2) is 7.69. The number of thioether (sulfide) groups is 1. The number of hydrogen-bond acceptors (Lipinski definition) is 5. The lowest BCUT2D eigenvalue weighted by Gasteiger charge is -2.28. The van der Waals surface area contributed by atoms with Crippen LogP contribution in [0.2, 0.25) is 0 Å². The maximum Gasteiger partial charge on any atom is 0.266 e. The van der Waals surface area contributed by atoms with Gasteiger partial charge < -0.3 is 4.74 Å². The molecule has 4 nitrogen and oxygen atoms in total. The van der Waals surface area contributed by atoms with E-state index in [4.69, 9.17) is 17.0 Å². The summed E-state index contributed by atoms with van der Waals surface area (Å²) in [5.41, 5.74) is 0.171. The van der Waals surface area contributed by atoms with Gasteiger partial charge in [0.05, 0.1) is 18.1 Å². The van der Waals surface area contributed by atoms with Gasteiger partial charge >= 0.3 is 0 Å². The third-order valence-corrected chi connectivity index (χ3v) is 5.24. The van der Waals surface area contributed by atoms with Gasteiger partial charge in [-0.2, -0.15) is 0 Å². The Morgan fingerprint density at radius 1 is 1.25 bits per heavy atom. The smallest absolute Gasteiger partial charge is 0.266 e. The van der Waals surface area contributed by atoms with E-state index in [9.17, 15) is 13.6 Å². The van der Waals surface area contributed by atoms with Crippen molar-refractivity contribution >= 4 is 40.3 Å². The molecule has 8 heteroatoms. The molecule has 0 N–H and O–H groups in total. The predicted octanol–water partition coefficient (Wildman–Crippen LogP) is 2.50. The average molecular weight is 370 g/mol. The van der Waals surface area contributed by atoms with Crippen molar-refractivity contribution in [2.45, 2.75) is 0 Å². The normalized spacial score (nSPS) is 21.1. The van der Waals surface area contributed by atoms with Gasteiger partial charge in [-0.25, -0.2) is 8.78 Å². The van der Waals surface area contributed by atoms with E-state index in [0.717, 1.165) is 37.0 Å². The van der Waals surface area contributed by atoms with Gasteiger partial charge in [-0.15, -0.1) is 0 Å². The van der Waals surface area contributed by atoms with Gasteiger partial charge in [0.2, 0.25) is 0 Å². The number of carbonyl (C=O) groups is 1. The first-order chi connectivity index (χ1) is 11.5. The van der Waals surface area contributed by atoms with Gasteiger partial charge in [-0.1, -0.05) is 24.0 Å². The zero-order valence-electron chi connectivity index (χ0n) is 12.8. The summed E-state index contributed by atoms with van der Waals surface area (Å²) < 4.78 is 32.5. The molecule has 0 atom stereocenters. The molecule has 0 saturated carbocycles. The van der Waals surface area contributed by atoms with Crippen LogP contribution in [-0.2, 0) is 9.53 Å². The van der Waals surface area contributed by atoms with E-state index in [0.29, 0.717) is 35.5 Å². The van der Waals surface area contributed by atoms with Gasteiger partial charge in [0.25, 0.3) is 5.91 Å². The first kappa shape index (κ1) is 17.5. The van der Waals surface area contributed by atoms with Crippen LogP contribution in [0.15, 0.2) is 23.1 Å². The van der Waals surface area contributed by atoms with Gasteiger partial charge in [0, 0.05) is 37.8 Å². The molecule has 1 amide bonds. The molecule has 1 aromatic rings. The Kier molecular flexibility index (Phi) is 5.60. The molecule has 24 heavy (non-hydrogen) atoms. The van der Waals surface area contributed by atoms with E-state index in [1.54, 1.807) is 0 Å². The lowest BCUT2D eigenvalue weighted by Crippen LogP contribution is -2.42. The second-order valence-electron chi connectivity index (χ2n) is 5.45. The minimum atomic E-state index is -0.700. The molecular formula is C16H16F2N2O2S2. The van der Waals surface area contributed by atoms with Crippen LogP contribution in [-0.4, -0.2) is 59.4 Å². The fourth-order valence-corrected chi connectivity index (χ4v) is 3.82. The van der Waals surface area contributed by atoms with Crippen molar-refractivity contribution in [3.05, 3.63) is 40.3 Å². The summed E-state index contributed by atoms with van der Waals surface area (Å²) in [6, 6.07) is 3.27. The SMILES string of the molecule is O=C1C(=Cc2ccc(F)cc2F)SC(=S)N1CCN1CCOCC1. The second-order valence-corrected chi connectivity index (χ2v) is 7.13. The molecule has 128 valence electrons. The van der Waals surface area contributed by atoms with Crippen molar-refractivity contribution in [1.82, 2.24) is 9.80 Å². The molecule has 2 saturated heterocycles. The average Bonchev–Trinajstić information content (AvgIpc) is 2.83. The van der Waals surface area contributed by atoms with E-state index in [2.05, 4.69) is 4.90 Å². The van der Waals surface area contributed by atoms with Crippen LogP contribution >= 0.6 is 24.0 Å². The summed E-state index contributed by atoms with van der Waals surface area (Å²) in [6.07, 6.45) is 1.42. The molecule has 2 fully saturated rings. The number of ether oxygens (including phenoxy) is 1. The number of benzene rings is 1. The third-order valence-electron chi connectivity index (χ3n) is 3.87. The number of rotatable bonds is 4. The number of morpholine rings is 1. The molecule has 2 aliphatic heterocycles. The predicted molar refractivity (Wildman–Crippen MR) is 93.5 cm³/mol. The molecule has 0 aliphatic carbocycles. The molecule has 0 spiro atoms. The largest absolute Gasteiger partial charge is 0.379 e. The topological polar surface area (TPSA) is 32.8 Å². The van der Waals surface area contributed by atoms with Gasteiger partial charge in [-0.3, -0.25) is 14.6 Å². The van der Waals surface area contributed by atoms with Crippen molar-refractivity contribution in [3.8, 4) is 0 Å². The van der Waals surface area contributed by atoms with Gasteiger partial charge in [0.1, 0.15) is 16.0 Å². The lowest BCUT2D eigenvalue weighted by molar-refractivity contribution is -0.122. The summed E-state index contributed by atoms with van der Waals surface area (Å²) in [7, 11) is 0. The number of hydrogen-bond donors (Lipinski definition) is 0. The van der Waals surface area contributed by atoms with E-state index in [-0.39, 0.29) is 11.5 Å². The number of thiocarbonyl (C=S) groups is 1. The zero-order valence-corrected chi connectivity index (χ0v) is 14.5. The van der Waals surface area contributed by atoms with E-state index in [1.807, 2.05) is 0 Å². The van der Waals surface area contributed by atoms with Crippen LogP contribution in [0.1, 0.15) is 5.56 Å². The summed E-state index contributed by atoms with van der Waals surface area (Å²) in [5, 5.41) is 0.